The number of aromatic nitrogens is 1. The molecule has 0 unspecified atom stereocenters. The van der Waals surface area contributed by atoms with E-state index < -0.39 is 0 Å². The standard InChI is InChI=1S/C25H21ClN2OS/c1-30-19-12-8-16(9-13-19)24-23-21(20-4-2-3-5-22(20)27-23)14-15-28(24)25(29)17-6-10-18(26)11-7-17/h2-13,24,27H,14-15H2,1H3/t24-/m0/s1. The molecule has 1 amide bonds. The molecule has 1 N–H and O–H groups in total. The summed E-state index contributed by atoms with van der Waals surface area (Å²) < 4.78 is 0. The van der Waals surface area contributed by atoms with Crippen LogP contribution >= 0.6 is 23.4 Å². The fourth-order valence-corrected chi connectivity index (χ4v) is 4.88. The van der Waals surface area contributed by atoms with Crippen LogP contribution in [0, 0.1) is 0 Å². The third-order valence-electron chi connectivity index (χ3n) is 5.82. The quantitative estimate of drug-likeness (QED) is 0.384. The molecule has 4 aromatic rings. The first-order valence-electron chi connectivity index (χ1n) is 9.95. The molecule has 0 saturated heterocycles. The molecule has 2 heterocycles. The summed E-state index contributed by atoms with van der Waals surface area (Å²) in [7, 11) is 0. The average molecular weight is 433 g/mol. The number of nitrogens with zero attached hydrogens (tertiary/aromatic N) is 1. The van der Waals surface area contributed by atoms with E-state index in [0.29, 0.717) is 17.1 Å². The lowest BCUT2D eigenvalue weighted by molar-refractivity contribution is 0.0692. The van der Waals surface area contributed by atoms with Gasteiger partial charge in [0.1, 0.15) is 0 Å². The van der Waals surface area contributed by atoms with E-state index in [9.17, 15) is 4.79 Å². The van der Waals surface area contributed by atoms with Crippen LogP contribution in [0.15, 0.2) is 77.7 Å². The molecule has 0 bridgehead atoms. The number of hydrogen-bond donors (Lipinski definition) is 1. The molecule has 1 aromatic heterocycles. The summed E-state index contributed by atoms with van der Waals surface area (Å²) in [6.45, 7) is 0.672. The van der Waals surface area contributed by atoms with Gasteiger partial charge in [0.15, 0.2) is 0 Å². The van der Waals surface area contributed by atoms with Crippen molar-refractivity contribution in [2.45, 2.75) is 17.4 Å². The Balaban J connectivity index is 1.64. The Labute approximate surface area is 185 Å². The second kappa shape index (κ2) is 7.86. The van der Waals surface area contributed by atoms with Gasteiger partial charge in [-0.1, -0.05) is 41.9 Å². The maximum absolute atomic E-state index is 13.5. The third-order valence-corrected chi connectivity index (χ3v) is 6.81. The van der Waals surface area contributed by atoms with E-state index in [0.717, 1.165) is 23.2 Å². The summed E-state index contributed by atoms with van der Waals surface area (Å²) in [5, 5.41) is 1.88. The topological polar surface area (TPSA) is 36.1 Å². The van der Waals surface area contributed by atoms with Gasteiger partial charge in [-0.05, 0) is 66.3 Å². The smallest absolute Gasteiger partial charge is 0.254 e. The van der Waals surface area contributed by atoms with Crippen molar-refractivity contribution in [3.05, 3.63) is 100 Å². The molecule has 0 fully saturated rings. The number of H-pyrrole nitrogens is 1. The number of para-hydroxylation sites is 1. The van der Waals surface area contributed by atoms with Crippen molar-refractivity contribution in [1.29, 1.82) is 0 Å². The SMILES string of the molecule is CSc1ccc([C@H]2c3[nH]c4ccccc4c3CCN2C(=O)c2ccc(Cl)cc2)cc1. The van der Waals surface area contributed by atoms with E-state index in [4.69, 9.17) is 11.6 Å². The van der Waals surface area contributed by atoms with Gasteiger partial charge in [0, 0.05) is 38.6 Å². The predicted molar refractivity (Wildman–Crippen MR) is 125 cm³/mol. The van der Waals surface area contributed by atoms with E-state index in [-0.39, 0.29) is 11.9 Å². The normalized spacial score (nSPS) is 15.9. The van der Waals surface area contributed by atoms with Gasteiger partial charge in [0.05, 0.1) is 6.04 Å². The predicted octanol–water partition coefficient (Wildman–Crippen LogP) is 6.33. The first-order valence-corrected chi connectivity index (χ1v) is 11.6. The first kappa shape index (κ1) is 19.3. The Bertz CT molecular complexity index is 1210. The van der Waals surface area contributed by atoms with Crippen molar-refractivity contribution < 1.29 is 4.79 Å². The highest BCUT2D eigenvalue weighted by atomic mass is 35.5. The number of carbonyl (C=O) groups excluding carboxylic acids is 1. The Hall–Kier alpha value is -2.69. The van der Waals surface area contributed by atoms with Crippen LogP contribution in [-0.2, 0) is 6.42 Å². The summed E-state index contributed by atoms with van der Waals surface area (Å²) in [6, 6.07) is 23.9. The number of amides is 1. The molecular weight excluding hydrogens is 412 g/mol. The zero-order valence-electron chi connectivity index (χ0n) is 16.6. The number of halogens is 1. The lowest BCUT2D eigenvalue weighted by Gasteiger charge is -2.36. The maximum atomic E-state index is 13.5. The van der Waals surface area contributed by atoms with E-state index in [1.54, 1.807) is 36.0 Å². The summed E-state index contributed by atoms with van der Waals surface area (Å²) in [5.41, 5.74) is 5.31. The van der Waals surface area contributed by atoms with E-state index in [1.165, 1.54) is 15.8 Å². The van der Waals surface area contributed by atoms with Gasteiger partial charge in [-0.2, -0.15) is 0 Å². The second-order valence-electron chi connectivity index (χ2n) is 7.49. The Morgan fingerprint density at radius 3 is 2.50 bits per heavy atom. The molecule has 3 aromatic carbocycles. The van der Waals surface area contributed by atoms with Crippen molar-refractivity contribution >= 4 is 40.2 Å². The Morgan fingerprint density at radius 2 is 1.77 bits per heavy atom. The molecule has 150 valence electrons. The van der Waals surface area contributed by atoms with Crippen LogP contribution < -0.4 is 0 Å². The zero-order valence-corrected chi connectivity index (χ0v) is 18.1. The summed E-state index contributed by atoms with van der Waals surface area (Å²) >= 11 is 7.75. The lowest BCUT2D eigenvalue weighted by atomic mass is 9.91. The van der Waals surface area contributed by atoms with Crippen molar-refractivity contribution in [3.63, 3.8) is 0 Å². The minimum Gasteiger partial charge on any atom is -0.356 e. The van der Waals surface area contributed by atoms with Crippen molar-refractivity contribution in [2.24, 2.45) is 0 Å². The molecule has 1 aliphatic rings. The van der Waals surface area contributed by atoms with Gasteiger partial charge in [0.2, 0.25) is 0 Å². The van der Waals surface area contributed by atoms with Crippen LogP contribution in [0.3, 0.4) is 0 Å². The third kappa shape index (κ3) is 3.30. The number of rotatable bonds is 3. The first-order chi connectivity index (χ1) is 14.7. The number of benzene rings is 3. The molecule has 0 aliphatic carbocycles. The van der Waals surface area contributed by atoms with E-state index in [1.807, 2.05) is 11.0 Å². The fourth-order valence-electron chi connectivity index (χ4n) is 4.35. The highest BCUT2D eigenvalue weighted by Gasteiger charge is 2.34. The van der Waals surface area contributed by atoms with Crippen LogP contribution in [0.4, 0.5) is 0 Å². The molecule has 3 nitrogen and oxygen atoms in total. The van der Waals surface area contributed by atoms with Gasteiger partial charge in [-0.15, -0.1) is 11.8 Å². The fraction of sp³-hybridized carbons (Fsp3) is 0.160. The van der Waals surface area contributed by atoms with E-state index >= 15 is 0 Å². The average Bonchev–Trinajstić information content (AvgIpc) is 3.17. The monoisotopic (exact) mass is 432 g/mol. The van der Waals surface area contributed by atoms with Crippen LogP contribution in [0.25, 0.3) is 10.9 Å². The molecule has 0 saturated carbocycles. The largest absolute Gasteiger partial charge is 0.356 e. The number of thioether (sulfide) groups is 1. The summed E-state index contributed by atoms with van der Waals surface area (Å²) in [4.78, 5) is 20.3. The minimum absolute atomic E-state index is 0.0231. The number of aromatic amines is 1. The van der Waals surface area contributed by atoms with Gasteiger partial charge < -0.3 is 9.88 Å². The van der Waals surface area contributed by atoms with Crippen molar-refractivity contribution in [3.8, 4) is 0 Å². The van der Waals surface area contributed by atoms with Gasteiger partial charge in [0.25, 0.3) is 5.91 Å². The molecule has 30 heavy (non-hydrogen) atoms. The summed E-state index contributed by atoms with van der Waals surface area (Å²) in [5.74, 6) is 0.0231. The maximum Gasteiger partial charge on any atom is 0.254 e. The van der Waals surface area contributed by atoms with Gasteiger partial charge >= 0.3 is 0 Å². The second-order valence-corrected chi connectivity index (χ2v) is 8.81. The molecule has 5 rings (SSSR count). The molecule has 1 aliphatic heterocycles. The number of fused-ring (bicyclic) bond motifs is 3. The van der Waals surface area contributed by atoms with Crippen molar-refractivity contribution in [2.75, 3.05) is 12.8 Å². The molecule has 5 heteroatoms. The Kier molecular flexibility index (Phi) is 5.05. The number of nitrogens with one attached hydrogen (secondary N) is 1. The van der Waals surface area contributed by atoms with Crippen LogP contribution in [0.1, 0.15) is 33.2 Å². The minimum atomic E-state index is -0.153. The molecular formula is C25H21ClN2OS. The highest BCUT2D eigenvalue weighted by Crippen LogP contribution is 2.39. The summed E-state index contributed by atoms with van der Waals surface area (Å²) in [6.07, 6.45) is 2.90. The number of hydrogen-bond acceptors (Lipinski definition) is 2. The van der Waals surface area contributed by atoms with Crippen LogP contribution in [0.2, 0.25) is 5.02 Å². The molecule has 0 spiro atoms. The number of carbonyl (C=O) groups is 1. The zero-order chi connectivity index (χ0) is 20.7. The Morgan fingerprint density at radius 1 is 1.03 bits per heavy atom. The van der Waals surface area contributed by atoms with Gasteiger partial charge in [-0.25, -0.2) is 0 Å². The van der Waals surface area contributed by atoms with Crippen molar-refractivity contribution in [1.82, 2.24) is 9.88 Å². The van der Waals surface area contributed by atoms with Crippen LogP contribution in [0.5, 0.6) is 0 Å². The van der Waals surface area contributed by atoms with E-state index in [2.05, 4.69) is 53.7 Å². The lowest BCUT2D eigenvalue weighted by Crippen LogP contribution is -2.40. The van der Waals surface area contributed by atoms with Gasteiger partial charge in [-0.3, -0.25) is 4.79 Å². The molecule has 1 atom stereocenters. The highest BCUT2D eigenvalue weighted by molar-refractivity contribution is 7.98. The van der Waals surface area contributed by atoms with Crippen LogP contribution in [-0.4, -0.2) is 28.6 Å². The molecule has 0 radical (unpaired) electrons.